The third kappa shape index (κ3) is 4.51. The van der Waals surface area contributed by atoms with Crippen LogP contribution in [0.4, 0.5) is 0 Å². The van der Waals surface area contributed by atoms with E-state index in [4.69, 9.17) is 10.5 Å². The summed E-state index contributed by atoms with van der Waals surface area (Å²) in [6.45, 7) is 2.50. The molecule has 0 aliphatic heterocycles. The molecule has 106 valence electrons. The first-order valence-electron chi connectivity index (χ1n) is 6.32. The van der Waals surface area contributed by atoms with Gasteiger partial charge in [-0.2, -0.15) is 0 Å². The standard InChI is InChI=1S/C14H21BrN2O2/c1-4-5-12(16)14(18)17(2)9-10-8-11(15)6-7-13(10)19-3/h6-8,12H,4-5,9,16H2,1-3H3/t12-/m0/s1. The summed E-state index contributed by atoms with van der Waals surface area (Å²) >= 11 is 3.42. The Morgan fingerprint density at radius 3 is 2.79 bits per heavy atom. The van der Waals surface area contributed by atoms with Gasteiger partial charge in [0.1, 0.15) is 5.75 Å². The van der Waals surface area contributed by atoms with Crippen LogP contribution in [-0.4, -0.2) is 31.0 Å². The van der Waals surface area contributed by atoms with Crippen LogP contribution in [0.5, 0.6) is 5.75 Å². The van der Waals surface area contributed by atoms with Gasteiger partial charge in [0.2, 0.25) is 5.91 Å². The van der Waals surface area contributed by atoms with Gasteiger partial charge in [0.15, 0.2) is 0 Å². The third-order valence-electron chi connectivity index (χ3n) is 2.94. The number of amides is 1. The highest BCUT2D eigenvalue weighted by Crippen LogP contribution is 2.24. The lowest BCUT2D eigenvalue weighted by molar-refractivity contribution is -0.132. The van der Waals surface area contributed by atoms with Crippen LogP contribution in [0.15, 0.2) is 22.7 Å². The van der Waals surface area contributed by atoms with Crippen molar-refractivity contribution in [3.05, 3.63) is 28.2 Å². The van der Waals surface area contributed by atoms with E-state index in [-0.39, 0.29) is 5.91 Å². The van der Waals surface area contributed by atoms with E-state index in [1.165, 1.54) is 0 Å². The van der Waals surface area contributed by atoms with Crippen molar-refractivity contribution in [1.29, 1.82) is 0 Å². The summed E-state index contributed by atoms with van der Waals surface area (Å²) in [6, 6.07) is 5.32. The van der Waals surface area contributed by atoms with Crippen molar-refractivity contribution in [3.63, 3.8) is 0 Å². The lowest BCUT2D eigenvalue weighted by Gasteiger charge is -2.22. The van der Waals surface area contributed by atoms with Gasteiger partial charge in [-0.05, 0) is 24.6 Å². The predicted molar refractivity (Wildman–Crippen MR) is 80.1 cm³/mol. The van der Waals surface area contributed by atoms with Gasteiger partial charge in [0.25, 0.3) is 0 Å². The predicted octanol–water partition coefficient (Wildman–Crippen LogP) is 2.54. The van der Waals surface area contributed by atoms with Crippen molar-refractivity contribution < 1.29 is 9.53 Å². The van der Waals surface area contributed by atoms with Crippen molar-refractivity contribution in [2.45, 2.75) is 32.4 Å². The minimum atomic E-state index is -0.423. The average molecular weight is 329 g/mol. The monoisotopic (exact) mass is 328 g/mol. The molecular weight excluding hydrogens is 308 g/mol. The summed E-state index contributed by atoms with van der Waals surface area (Å²) in [4.78, 5) is 13.7. The maximum absolute atomic E-state index is 12.1. The summed E-state index contributed by atoms with van der Waals surface area (Å²) in [5.74, 6) is 0.732. The number of rotatable bonds is 6. The van der Waals surface area contributed by atoms with E-state index in [9.17, 15) is 4.79 Å². The van der Waals surface area contributed by atoms with E-state index in [0.717, 1.165) is 22.2 Å². The summed E-state index contributed by atoms with van der Waals surface area (Å²) in [5, 5.41) is 0. The van der Waals surface area contributed by atoms with Gasteiger partial charge < -0.3 is 15.4 Å². The Morgan fingerprint density at radius 1 is 1.53 bits per heavy atom. The number of likely N-dealkylation sites (N-methyl/N-ethyl adjacent to an activating group) is 1. The van der Waals surface area contributed by atoms with Crippen molar-refractivity contribution in [2.24, 2.45) is 5.73 Å². The molecule has 5 heteroatoms. The quantitative estimate of drug-likeness (QED) is 0.873. The molecule has 0 bridgehead atoms. The lowest BCUT2D eigenvalue weighted by Crippen LogP contribution is -2.41. The average Bonchev–Trinajstić information content (AvgIpc) is 2.38. The summed E-state index contributed by atoms with van der Waals surface area (Å²) in [6.07, 6.45) is 1.61. The Hall–Kier alpha value is -1.07. The van der Waals surface area contributed by atoms with Crippen molar-refractivity contribution in [3.8, 4) is 5.75 Å². The van der Waals surface area contributed by atoms with Crippen LogP contribution in [0.3, 0.4) is 0 Å². The fourth-order valence-corrected chi connectivity index (χ4v) is 2.33. The normalized spacial score (nSPS) is 12.1. The molecule has 0 radical (unpaired) electrons. The van der Waals surface area contributed by atoms with Gasteiger partial charge in [-0.3, -0.25) is 4.79 Å². The maximum atomic E-state index is 12.1. The molecule has 0 saturated carbocycles. The van der Waals surface area contributed by atoms with Crippen LogP contribution < -0.4 is 10.5 Å². The fraction of sp³-hybridized carbons (Fsp3) is 0.500. The Labute approximate surface area is 123 Å². The van der Waals surface area contributed by atoms with E-state index in [1.807, 2.05) is 25.1 Å². The Morgan fingerprint density at radius 2 is 2.21 bits per heavy atom. The molecule has 19 heavy (non-hydrogen) atoms. The van der Waals surface area contributed by atoms with Gasteiger partial charge in [-0.15, -0.1) is 0 Å². The second-order valence-corrected chi connectivity index (χ2v) is 5.46. The van der Waals surface area contributed by atoms with Gasteiger partial charge in [0, 0.05) is 23.6 Å². The minimum absolute atomic E-state index is 0.0381. The molecule has 0 spiro atoms. The number of hydrogen-bond acceptors (Lipinski definition) is 3. The first-order valence-corrected chi connectivity index (χ1v) is 7.11. The molecule has 1 rings (SSSR count). The minimum Gasteiger partial charge on any atom is -0.496 e. The molecule has 0 fully saturated rings. The number of halogens is 1. The highest BCUT2D eigenvalue weighted by atomic mass is 79.9. The Bertz CT molecular complexity index is 437. The number of hydrogen-bond donors (Lipinski definition) is 1. The first kappa shape index (κ1) is 16.0. The van der Waals surface area contributed by atoms with Crippen LogP contribution in [0.25, 0.3) is 0 Å². The smallest absolute Gasteiger partial charge is 0.239 e. The van der Waals surface area contributed by atoms with Crippen LogP contribution in [0.1, 0.15) is 25.3 Å². The molecule has 4 nitrogen and oxygen atoms in total. The van der Waals surface area contributed by atoms with Crippen LogP contribution in [0.2, 0.25) is 0 Å². The summed E-state index contributed by atoms with van der Waals surface area (Å²) < 4.78 is 6.26. The van der Waals surface area contributed by atoms with E-state index >= 15 is 0 Å². The zero-order chi connectivity index (χ0) is 14.4. The van der Waals surface area contributed by atoms with Gasteiger partial charge >= 0.3 is 0 Å². The second-order valence-electron chi connectivity index (χ2n) is 4.55. The molecule has 0 heterocycles. The summed E-state index contributed by atoms with van der Waals surface area (Å²) in [7, 11) is 3.38. The number of nitrogens with zero attached hydrogens (tertiary/aromatic N) is 1. The second kappa shape index (κ2) is 7.50. The Kier molecular flexibility index (Phi) is 6.31. The number of benzene rings is 1. The highest BCUT2D eigenvalue weighted by Gasteiger charge is 2.18. The van der Waals surface area contributed by atoms with Gasteiger partial charge in [0.05, 0.1) is 13.2 Å². The molecule has 0 aliphatic carbocycles. The van der Waals surface area contributed by atoms with Crippen LogP contribution in [0, 0.1) is 0 Å². The number of carbonyl (C=O) groups is 1. The van der Waals surface area contributed by atoms with Gasteiger partial charge in [-0.25, -0.2) is 0 Å². The molecule has 0 unspecified atom stereocenters. The van der Waals surface area contributed by atoms with E-state index in [0.29, 0.717) is 13.0 Å². The van der Waals surface area contributed by atoms with Crippen molar-refractivity contribution in [2.75, 3.05) is 14.2 Å². The maximum Gasteiger partial charge on any atom is 0.239 e. The van der Waals surface area contributed by atoms with E-state index in [1.54, 1.807) is 19.1 Å². The van der Waals surface area contributed by atoms with Crippen molar-refractivity contribution in [1.82, 2.24) is 4.90 Å². The summed E-state index contributed by atoms with van der Waals surface area (Å²) in [5.41, 5.74) is 6.81. The molecular formula is C14H21BrN2O2. The molecule has 1 aromatic carbocycles. The molecule has 1 aromatic rings. The molecule has 0 saturated heterocycles. The molecule has 0 aromatic heterocycles. The van der Waals surface area contributed by atoms with E-state index < -0.39 is 6.04 Å². The highest BCUT2D eigenvalue weighted by molar-refractivity contribution is 9.10. The third-order valence-corrected chi connectivity index (χ3v) is 3.44. The SMILES string of the molecule is CCC[C@H](N)C(=O)N(C)Cc1cc(Br)ccc1OC. The van der Waals surface area contributed by atoms with Crippen LogP contribution >= 0.6 is 15.9 Å². The van der Waals surface area contributed by atoms with E-state index in [2.05, 4.69) is 15.9 Å². The fourth-order valence-electron chi connectivity index (χ4n) is 1.92. The number of methoxy groups -OCH3 is 1. The number of carbonyl (C=O) groups excluding carboxylic acids is 1. The molecule has 1 amide bonds. The van der Waals surface area contributed by atoms with Crippen LogP contribution in [-0.2, 0) is 11.3 Å². The first-order chi connectivity index (χ1) is 8.99. The number of ether oxygens (including phenoxy) is 1. The lowest BCUT2D eigenvalue weighted by atomic mass is 10.1. The largest absolute Gasteiger partial charge is 0.496 e. The number of nitrogens with two attached hydrogens (primary N) is 1. The van der Waals surface area contributed by atoms with Crippen molar-refractivity contribution >= 4 is 21.8 Å². The topological polar surface area (TPSA) is 55.6 Å². The molecule has 1 atom stereocenters. The zero-order valence-corrected chi connectivity index (χ0v) is 13.2. The Balaban J connectivity index is 2.78. The zero-order valence-electron chi connectivity index (χ0n) is 11.6. The van der Waals surface area contributed by atoms with Gasteiger partial charge in [-0.1, -0.05) is 29.3 Å². The molecule has 0 aliphatic rings. The molecule has 2 N–H and O–H groups in total.